The third-order valence-electron chi connectivity index (χ3n) is 5.56. The van der Waals surface area contributed by atoms with Gasteiger partial charge in [-0.25, -0.2) is 4.98 Å². The molecule has 3 nitrogen and oxygen atoms in total. The first-order valence-electron chi connectivity index (χ1n) is 8.64. The number of pyridine rings is 1. The van der Waals surface area contributed by atoms with Gasteiger partial charge < -0.3 is 9.72 Å². The number of rotatable bonds is 0. The summed E-state index contributed by atoms with van der Waals surface area (Å²) in [7, 11) is 0. The fourth-order valence-corrected chi connectivity index (χ4v) is 4.48. The van der Waals surface area contributed by atoms with Crippen LogP contribution < -0.4 is 5.32 Å². The molecule has 0 amide bonds. The van der Waals surface area contributed by atoms with Crippen LogP contribution in [0.4, 0.5) is 5.69 Å². The molecule has 3 aromatic rings. The number of para-hydroxylation sites is 1. The zero-order valence-electron chi connectivity index (χ0n) is 13.5. The van der Waals surface area contributed by atoms with Crippen molar-refractivity contribution in [2.75, 3.05) is 5.32 Å². The predicted octanol–water partition coefficient (Wildman–Crippen LogP) is 4.89. The van der Waals surface area contributed by atoms with Crippen molar-refractivity contribution in [2.24, 2.45) is 0 Å². The van der Waals surface area contributed by atoms with Crippen molar-refractivity contribution in [2.45, 2.75) is 44.6 Å². The van der Waals surface area contributed by atoms with Crippen LogP contribution in [0.3, 0.4) is 0 Å². The largest absolute Gasteiger partial charge is 0.373 e. The summed E-state index contributed by atoms with van der Waals surface area (Å²) in [5, 5.41) is 3.91. The topological polar surface area (TPSA) is 29.3 Å². The van der Waals surface area contributed by atoms with Crippen molar-refractivity contribution >= 4 is 11.3 Å². The minimum atomic E-state index is 0.0369. The molecule has 1 N–H and O–H groups in total. The summed E-state index contributed by atoms with van der Waals surface area (Å²) in [4.78, 5) is 5.07. The number of fused-ring (bicyclic) bond motifs is 6. The molecule has 0 atom stereocenters. The van der Waals surface area contributed by atoms with Crippen LogP contribution in [-0.4, -0.2) is 9.38 Å². The van der Waals surface area contributed by atoms with Gasteiger partial charge in [-0.15, -0.1) is 0 Å². The quantitative estimate of drug-likeness (QED) is 0.640. The summed E-state index contributed by atoms with van der Waals surface area (Å²) in [5.41, 5.74) is 7.40. The summed E-state index contributed by atoms with van der Waals surface area (Å²) >= 11 is 0. The number of aromatic nitrogens is 2. The molecule has 1 spiro atoms. The highest BCUT2D eigenvalue weighted by molar-refractivity contribution is 5.84. The predicted molar refractivity (Wildman–Crippen MR) is 93.8 cm³/mol. The zero-order chi connectivity index (χ0) is 15.4. The van der Waals surface area contributed by atoms with Gasteiger partial charge in [0.25, 0.3) is 0 Å². The molecule has 0 saturated heterocycles. The van der Waals surface area contributed by atoms with Crippen molar-refractivity contribution in [3.63, 3.8) is 0 Å². The molecule has 5 rings (SSSR count). The van der Waals surface area contributed by atoms with Gasteiger partial charge in [0.05, 0.1) is 16.9 Å². The maximum atomic E-state index is 5.07. The van der Waals surface area contributed by atoms with Gasteiger partial charge in [0.2, 0.25) is 0 Å². The molecule has 0 bridgehead atoms. The minimum absolute atomic E-state index is 0.0369. The number of benzene rings is 1. The summed E-state index contributed by atoms with van der Waals surface area (Å²) in [6.45, 7) is 2.15. The molecule has 1 fully saturated rings. The monoisotopic (exact) mass is 303 g/mol. The lowest BCUT2D eigenvalue weighted by Gasteiger charge is -2.42. The van der Waals surface area contributed by atoms with Crippen LogP contribution in [0.15, 0.2) is 42.6 Å². The molecule has 116 valence electrons. The Hall–Kier alpha value is -2.29. The Bertz CT molecular complexity index is 900. The van der Waals surface area contributed by atoms with Gasteiger partial charge in [0.1, 0.15) is 5.65 Å². The lowest BCUT2D eigenvalue weighted by atomic mass is 9.75. The molecule has 0 radical (unpaired) electrons. The van der Waals surface area contributed by atoms with E-state index in [9.17, 15) is 0 Å². The van der Waals surface area contributed by atoms with Gasteiger partial charge in [-0.2, -0.15) is 0 Å². The molecule has 1 aliphatic carbocycles. The molecule has 3 heteroatoms. The molecular weight excluding hydrogens is 282 g/mol. The van der Waals surface area contributed by atoms with E-state index in [-0.39, 0.29) is 5.54 Å². The van der Waals surface area contributed by atoms with Crippen LogP contribution in [0.25, 0.3) is 16.9 Å². The van der Waals surface area contributed by atoms with E-state index in [4.69, 9.17) is 4.98 Å². The Kier molecular flexibility index (Phi) is 2.64. The maximum Gasteiger partial charge on any atom is 0.140 e. The molecule has 3 heterocycles. The Labute approximate surface area is 136 Å². The standard InChI is InChI=1S/C20H21N3/c1-14-8-7-13-23-18-17(21-19(14)23)15-9-3-4-10-16(15)22-20(18)11-5-2-6-12-20/h3-4,7-10,13,22H,2,5-6,11-12H2,1H3. The van der Waals surface area contributed by atoms with E-state index in [0.29, 0.717) is 0 Å². The van der Waals surface area contributed by atoms with Gasteiger partial charge in [-0.05, 0) is 37.5 Å². The van der Waals surface area contributed by atoms with Crippen LogP contribution in [0.2, 0.25) is 0 Å². The maximum absolute atomic E-state index is 5.07. The lowest BCUT2D eigenvalue weighted by Crippen LogP contribution is -2.41. The number of hydrogen-bond acceptors (Lipinski definition) is 2. The van der Waals surface area contributed by atoms with E-state index in [2.05, 4.69) is 59.2 Å². The molecule has 0 unspecified atom stereocenters. The number of nitrogens with one attached hydrogen (secondary N) is 1. The third kappa shape index (κ3) is 1.73. The zero-order valence-corrected chi connectivity index (χ0v) is 13.5. The second-order valence-corrected chi connectivity index (χ2v) is 7.01. The molecule has 2 aromatic heterocycles. The first-order chi connectivity index (χ1) is 11.3. The van der Waals surface area contributed by atoms with E-state index < -0.39 is 0 Å². The molecule has 1 aromatic carbocycles. The minimum Gasteiger partial charge on any atom is -0.373 e. The average Bonchev–Trinajstić information content (AvgIpc) is 2.98. The van der Waals surface area contributed by atoms with E-state index in [1.54, 1.807) is 0 Å². The summed E-state index contributed by atoms with van der Waals surface area (Å²) in [6, 6.07) is 12.9. The van der Waals surface area contributed by atoms with Crippen LogP contribution >= 0.6 is 0 Å². The summed E-state index contributed by atoms with van der Waals surface area (Å²) in [6.07, 6.45) is 8.48. The highest BCUT2D eigenvalue weighted by Crippen LogP contribution is 2.49. The number of aryl methyl sites for hydroxylation is 1. The summed E-state index contributed by atoms with van der Waals surface area (Å²) in [5.74, 6) is 0. The van der Waals surface area contributed by atoms with Crippen LogP contribution in [0, 0.1) is 6.92 Å². The number of hydrogen-bond donors (Lipinski definition) is 1. The van der Waals surface area contributed by atoms with E-state index in [1.165, 1.54) is 60.3 Å². The van der Waals surface area contributed by atoms with Gasteiger partial charge >= 0.3 is 0 Å². The summed E-state index contributed by atoms with van der Waals surface area (Å²) < 4.78 is 2.33. The molecular formula is C20H21N3. The van der Waals surface area contributed by atoms with Crippen LogP contribution in [0.1, 0.15) is 43.4 Å². The van der Waals surface area contributed by atoms with Crippen molar-refractivity contribution in [3.8, 4) is 11.3 Å². The SMILES string of the molecule is Cc1cccn2c3c(nc12)-c1ccccc1NC31CCCCC1. The highest BCUT2D eigenvalue weighted by atomic mass is 15.1. The van der Waals surface area contributed by atoms with Crippen molar-refractivity contribution in [1.82, 2.24) is 9.38 Å². The van der Waals surface area contributed by atoms with Gasteiger partial charge in [-0.3, -0.25) is 0 Å². The van der Waals surface area contributed by atoms with E-state index in [0.717, 1.165) is 5.65 Å². The lowest BCUT2D eigenvalue weighted by molar-refractivity contribution is 0.320. The third-order valence-corrected chi connectivity index (χ3v) is 5.56. The Morgan fingerprint density at radius 3 is 2.74 bits per heavy atom. The van der Waals surface area contributed by atoms with E-state index in [1.807, 2.05) is 0 Å². The normalized spacial score (nSPS) is 18.5. The number of nitrogens with zero attached hydrogens (tertiary/aromatic N) is 2. The Morgan fingerprint density at radius 1 is 1.04 bits per heavy atom. The Balaban J connectivity index is 1.88. The second kappa shape index (κ2) is 4.60. The molecule has 2 aliphatic rings. The molecule has 1 saturated carbocycles. The van der Waals surface area contributed by atoms with E-state index >= 15 is 0 Å². The van der Waals surface area contributed by atoms with Crippen molar-refractivity contribution in [1.29, 1.82) is 0 Å². The molecule has 1 aliphatic heterocycles. The fourth-order valence-electron chi connectivity index (χ4n) is 4.48. The highest BCUT2D eigenvalue weighted by Gasteiger charge is 2.42. The van der Waals surface area contributed by atoms with Gasteiger partial charge in [-0.1, -0.05) is 43.5 Å². The second-order valence-electron chi connectivity index (χ2n) is 7.01. The number of imidazole rings is 1. The molecule has 23 heavy (non-hydrogen) atoms. The average molecular weight is 303 g/mol. The van der Waals surface area contributed by atoms with Gasteiger partial charge in [0.15, 0.2) is 0 Å². The van der Waals surface area contributed by atoms with Crippen molar-refractivity contribution in [3.05, 3.63) is 53.9 Å². The first-order valence-corrected chi connectivity index (χ1v) is 8.64. The van der Waals surface area contributed by atoms with Crippen LogP contribution in [-0.2, 0) is 5.54 Å². The van der Waals surface area contributed by atoms with Crippen molar-refractivity contribution < 1.29 is 0 Å². The Morgan fingerprint density at radius 2 is 1.87 bits per heavy atom. The smallest absolute Gasteiger partial charge is 0.140 e. The van der Waals surface area contributed by atoms with Crippen LogP contribution in [0.5, 0.6) is 0 Å². The number of anilines is 1. The van der Waals surface area contributed by atoms with Gasteiger partial charge in [0, 0.05) is 17.4 Å². The first kappa shape index (κ1) is 13.2. The fraction of sp³-hybridized carbons (Fsp3) is 0.350.